The van der Waals surface area contributed by atoms with Crippen LogP contribution < -0.4 is 10.2 Å². The van der Waals surface area contributed by atoms with Crippen LogP contribution in [-0.2, 0) is 4.74 Å². The van der Waals surface area contributed by atoms with E-state index in [2.05, 4.69) is 19.2 Å². The Bertz CT molecular complexity index is 405. The minimum atomic E-state index is -0.135. The number of anilines is 1. The lowest BCUT2D eigenvalue weighted by atomic mass is 10.1. The summed E-state index contributed by atoms with van der Waals surface area (Å²) in [7, 11) is 0. The van der Waals surface area contributed by atoms with Crippen molar-refractivity contribution in [1.82, 2.24) is 5.32 Å². The molecule has 1 saturated heterocycles. The molecule has 2 rings (SSSR count). The van der Waals surface area contributed by atoms with Crippen LogP contribution in [0.1, 0.15) is 31.9 Å². The van der Waals surface area contributed by atoms with Crippen LogP contribution in [-0.4, -0.2) is 32.8 Å². The van der Waals surface area contributed by atoms with Crippen molar-refractivity contribution in [1.29, 1.82) is 0 Å². The number of morpholine rings is 1. The largest absolute Gasteiger partial charge is 0.378 e. The summed E-state index contributed by atoms with van der Waals surface area (Å²) in [6.07, 6.45) is 1.08. The van der Waals surface area contributed by atoms with Crippen molar-refractivity contribution < 1.29 is 9.13 Å². The molecule has 19 heavy (non-hydrogen) atoms. The van der Waals surface area contributed by atoms with E-state index in [1.807, 2.05) is 17.0 Å². The van der Waals surface area contributed by atoms with Crippen molar-refractivity contribution in [2.75, 3.05) is 37.7 Å². The third kappa shape index (κ3) is 3.67. The maximum absolute atomic E-state index is 14.2. The molecule has 0 radical (unpaired) electrons. The van der Waals surface area contributed by atoms with Crippen molar-refractivity contribution in [2.24, 2.45) is 0 Å². The maximum atomic E-state index is 14.2. The molecular weight excluding hydrogens is 243 g/mol. The molecule has 106 valence electrons. The minimum Gasteiger partial charge on any atom is -0.378 e. The molecule has 1 atom stereocenters. The molecule has 0 aliphatic carbocycles. The molecule has 1 heterocycles. The van der Waals surface area contributed by atoms with Crippen molar-refractivity contribution in [2.45, 2.75) is 26.3 Å². The average Bonchev–Trinajstić information content (AvgIpc) is 2.45. The van der Waals surface area contributed by atoms with E-state index in [-0.39, 0.29) is 11.9 Å². The number of benzene rings is 1. The Labute approximate surface area is 114 Å². The lowest BCUT2D eigenvalue weighted by Crippen LogP contribution is -2.36. The van der Waals surface area contributed by atoms with E-state index in [0.717, 1.165) is 31.6 Å². The summed E-state index contributed by atoms with van der Waals surface area (Å²) < 4.78 is 19.5. The number of halogens is 1. The Morgan fingerprint density at radius 1 is 1.37 bits per heavy atom. The standard InChI is InChI=1S/C15H23FN2O/c1-3-6-17-12(2)13-4-5-15(14(16)11-13)18-7-9-19-10-8-18/h4-5,11-12,17H,3,6-10H2,1-2H3. The highest BCUT2D eigenvalue weighted by Gasteiger charge is 2.16. The number of hydrogen-bond donors (Lipinski definition) is 1. The second kappa shape index (κ2) is 6.87. The number of rotatable bonds is 5. The second-order valence-electron chi connectivity index (χ2n) is 4.99. The van der Waals surface area contributed by atoms with Gasteiger partial charge in [-0.3, -0.25) is 0 Å². The van der Waals surface area contributed by atoms with E-state index in [9.17, 15) is 4.39 Å². The fraction of sp³-hybridized carbons (Fsp3) is 0.600. The Balaban J connectivity index is 2.07. The van der Waals surface area contributed by atoms with E-state index in [1.165, 1.54) is 0 Å². The molecule has 1 unspecified atom stereocenters. The zero-order chi connectivity index (χ0) is 13.7. The predicted octanol–water partition coefficient (Wildman–Crippen LogP) is 2.72. The Hall–Kier alpha value is -1.13. The predicted molar refractivity (Wildman–Crippen MR) is 76.1 cm³/mol. The average molecular weight is 266 g/mol. The maximum Gasteiger partial charge on any atom is 0.146 e. The Morgan fingerprint density at radius 3 is 2.74 bits per heavy atom. The fourth-order valence-electron chi connectivity index (χ4n) is 2.33. The van der Waals surface area contributed by atoms with Gasteiger partial charge in [0.05, 0.1) is 18.9 Å². The van der Waals surface area contributed by atoms with Gasteiger partial charge in [-0.25, -0.2) is 4.39 Å². The molecule has 0 spiro atoms. The zero-order valence-corrected chi connectivity index (χ0v) is 11.8. The Morgan fingerprint density at radius 2 is 2.11 bits per heavy atom. The van der Waals surface area contributed by atoms with Gasteiger partial charge in [0.25, 0.3) is 0 Å². The molecule has 1 N–H and O–H groups in total. The highest BCUT2D eigenvalue weighted by Crippen LogP contribution is 2.24. The first-order chi connectivity index (χ1) is 9.22. The Kier molecular flexibility index (Phi) is 5.16. The quantitative estimate of drug-likeness (QED) is 0.887. The van der Waals surface area contributed by atoms with Crippen LogP contribution in [0.15, 0.2) is 18.2 Å². The summed E-state index contributed by atoms with van der Waals surface area (Å²) in [6, 6.07) is 5.74. The van der Waals surface area contributed by atoms with Crippen LogP contribution in [0.3, 0.4) is 0 Å². The van der Waals surface area contributed by atoms with Crippen LogP contribution in [0, 0.1) is 5.82 Å². The molecular formula is C15H23FN2O. The first-order valence-electron chi connectivity index (χ1n) is 7.08. The van der Waals surface area contributed by atoms with Gasteiger partial charge in [0.15, 0.2) is 0 Å². The number of nitrogens with zero attached hydrogens (tertiary/aromatic N) is 1. The van der Waals surface area contributed by atoms with E-state index in [4.69, 9.17) is 4.74 Å². The van der Waals surface area contributed by atoms with Crippen LogP contribution in [0.25, 0.3) is 0 Å². The van der Waals surface area contributed by atoms with Crippen molar-refractivity contribution in [3.63, 3.8) is 0 Å². The lowest BCUT2D eigenvalue weighted by Gasteiger charge is -2.29. The van der Waals surface area contributed by atoms with Gasteiger partial charge in [-0.2, -0.15) is 0 Å². The molecule has 1 fully saturated rings. The van der Waals surface area contributed by atoms with Crippen molar-refractivity contribution in [3.8, 4) is 0 Å². The highest BCUT2D eigenvalue weighted by molar-refractivity contribution is 5.49. The van der Waals surface area contributed by atoms with Gasteiger partial charge < -0.3 is 15.0 Å². The van der Waals surface area contributed by atoms with Crippen molar-refractivity contribution >= 4 is 5.69 Å². The molecule has 0 amide bonds. The molecule has 1 aliphatic rings. The van der Waals surface area contributed by atoms with E-state index >= 15 is 0 Å². The van der Waals surface area contributed by atoms with Crippen molar-refractivity contribution in [3.05, 3.63) is 29.6 Å². The zero-order valence-electron chi connectivity index (χ0n) is 11.8. The third-order valence-corrected chi connectivity index (χ3v) is 3.52. The fourth-order valence-corrected chi connectivity index (χ4v) is 2.33. The monoisotopic (exact) mass is 266 g/mol. The molecule has 1 aromatic rings. The number of hydrogen-bond acceptors (Lipinski definition) is 3. The molecule has 1 aliphatic heterocycles. The molecule has 0 saturated carbocycles. The first-order valence-corrected chi connectivity index (χ1v) is 7.08. The molecule has 4 heteroatoms. The van der Waals surface area contributed by atoms with E-state index < -0.39 is 0 Å². The lowest BCUT2D eigenvalue weighted by molar-refractivity contribution is 0.122. The van der Waals surface area contributed by atoms with Gasteiger partial charge in [-0.1, -0.05) is 13.0 Å². The molecule has 1 aromatic carbocycles. The summed E-state index contributed by atoms with van der Waals surface area (Å²) in [5, 5.41) is 3.37. The van der Waals surface area contributed by atoms with Crippen LogP contribution >= 0.6 is 0 Å². The van der Waals surface area contributed by atoms with Gasteiger partial charge in [-0.05, 0) is 37.6 Å². The summed E-state index contributed by atoms with van der Waals surface area (Å²) in [5.74, 6) is -0.135. The van der Waals surface area contributed by atoms with Crippen LogP contribution in [0.5, 0.6) is 0 Å². The topological polar surface area (TPSA) is 24.5 Å². The SMILES string of the molecule is CCCNC(C)c1ccc(N2CCOCC2)c(F)c1. The third-order valence-electron chi connectivity index (χ3n) is 3.52. The normalized spacial score (nSPS) is 17.5. The number of nitrogens with one attached hydrogen (secondary N) is 1. The summed E-state index contributed by atoms with van der Waals surface area (Å²) in [4.78, 5) is 2.05. The second-order valence-corrected chi connectivity index (χ2v) is 4.99. The molecule has 3 nitrogen and oxygen atoms in total. The van der Waals surface area contributed by atoms with Gasteiger partial charge >= 0.3 is 0 Å². The smallest absolute Gasteiger partial charge is 0.146 e. The summed E-state index contributed by atoms with van der Waals surface area (Å²) in [6.45, 7) is 8.03. The summed E-state index contributed by atoms with van der Waals surface area (Å²) >= 11 is 0. The van der Waals surface area contributed by atoms with Crippen LogP contribution in [0.2, 0.25) is 0 Å². The van der Waals surface area contributed by atoms with Gasteiger partial charge in [0.1, 0.15) is 5.82 Å². The van der Waals surface area contributed by atoms with Gasteiger partial charge in [0, 0.05) is 19.1 Å². The summed E-state index contributed by atoms with van der Waals surface area (Å²) in [5.41, 5.74) is 1.69. The molecule has 0 aromatic heterocycles. The van der Waals surface area contributed by atoms with Crippen LogP contribution in [0.4, 0.5) is 10.1 Å². The number of ether oxygens (including phenoxy) is 1. The van der Waals surface area contributed by atoms with E-state index in [1.54, 1.807) is 6.07 Å². The van der Waals surface area contributed by atoms with Gasteiger partial charge in [-0.15, -0.1) is 0 Å². The van der Waals surface area contributed by atoms with Gasteiger partial charge in [0.2, 0.25) is 0 Å². The first kappa shape index (κ1) is 14.3. The molecule has 0 bridgehead atoms. The van der Waals surface area contributed by atoms with E-state index in [0.29, 0.717) is 18.9 Å². The minimum absolute atomic E-state index is 0.135. The highest BCUT2D eigenvalue weighted by atomic mass is 19.1.